The maximum absolute atomic E-state index is 11.7. The number of nitrogens with one attached hydrogen (secondary N) is 1. The molecule has 4 bridgehead atoms. The summed E-state index contributed by atoms with van der Waals surface area (Å²) in [6, 6.07) is 0.747. The first kappa shape index (κ1) is 21.2. The van der Waals surface area contributed by atoms with Crippen LogP contribution in [-0.2, 0) is 0 Å². The van der Waals surface area contributed by atoms with E-state index < -0.39 is 5.72 Å². The van der Waals surface area contributed by atoms with Crippen molar-refractivity contribution in [3.05, 3.63) is 23.3 Å². The van der Waals surface area contributed by atoms with Gasteiger partial charge in [-0.25, -0.2) is 0 Å². The smallest absolute Gasteiger partial charge is 0.125 e. The van der Waals surface area contributed by atoms with Gasteiger partial charge in [-0.1, -0.05) is 23.3 Å². The minimum atomic E-state index is -0.394. The summed E-state index contributed by atoms with van der Waals surface area (Å²) in [5.41, 5.74) is 2.50. The highest BCUT2D eigenvalue weighted by molar-refractivity contribution is 5.85. The van der Waals surface area contributed by atoms with Crippen LogP contribution in [0.5, 0.6) is 0 Å². The van der Waals surface area contributed by atoms with Gasteiger partial charge < -0.3 is 10.4 Å². The van der Waals surface area contributed by atoms with Crippen LogP contribution in [0.1, 0.15) is 40.0 Å². The lowest BCUT2D eigenvalue weighted by atomic mass is 9.59. The normalized spacial score (nSPS) is 50.1. The topological polar surface area (TPSA) is 35.5 Å². The lowest BCUT2D eigenvalue weighted by Gasteiger charge is -2.45. The third kappa shape index (κ3) is 2.29. The van der Waals surface area contributed by atoms with Crippen LogP contribution in [0.3, 0.4) is 0 Å². The molecule has 0 spiro atoms. The summed E-state index contributed by atoms with van der Waals surface area (Å²) in [6.07, 6.45) is 8.46. The van der Waals surface area contributed by atoms with Gasteiger partial charge in [0.1, 0.15) is 5.72 Å². The maximum atomic E-state index is 11.7. The molecule has 10 atom stereocenters. The standard InChI is InChI=1S/C23H34N2O.2ClH/c1-12(2)5-4-6-13(3)7-8-24-9-10-25-22-18-14-11-15-17-16(14)19(22)21(17)23(25,26)20(15)18;;/h5,7,14-22,24,26H,4,6,8-11H2,1-3H3;2*1H/b13-7+;;/t14-,15+,16+,17+,18+,19-,20-,21+,22+,23+;;/m1../s1. The molecule has 7 aliphatic rings. The molecule has 5 saturated carbocycles. The predicted molar refractivity (Wildman–Crippen MR) is 118 cm³/mol. The van der Waals surface area contributed by atoms with Crippen molar-refractivity contribution in [1.29, 1.82) is 0 Å². The molecule has 0 aromatic heterocycles. The Hall–Kier alpha value is -0.0600. The number of rotatable bonds is 8. The van der Waals surface area contributed by atoms with E-state index >= 15 is 0 Å². The van der Waals surface area contributed by atoms with E-state index in [0.717, 1.165) is 67.6 Å². The molecule has 28 heavy (non-hydrogen) atoms. The van der Waals surface area contributed by atoms with Crippen molar-refractivity contribution in [3.63, 3.8) is 0 Å². The highest BCUT2D eigenvalue weighted by Gasteiger charge is 2.93. The van der Waals surface area contributed by atoms with Crippen molar-refractivity contribution in [3.8, 4) is 0 Å². The number of allylic oxidation sites excluding steroid dienone is 3. The largest absolute Gasteiger partial charge is 0.375 e. The highest BCUT2D eigenvalue weighted by Crippen LogP contribution is 2.90. The predicted octanol–water partition coefficient (Wildman–Crippen LogP) is 3.87. The average Bonchev–Trinajstić information content (AvgIpc) is 3.20. The first-order chi connectivity index (χ1) is 12.5. The van der Waals surface area contributed by atoms with Crippen molar-refractivity contribution in [1.82, 2.24) is 10.2 Å². The molecule has 3 nitrogen and oxygen atoms in total. The third-order valence-corrected chi connectivity index (χ3v) is 9.43. The molecule has 0 aromatic carbocycles. The molecule has 0 aromatic rings. The summed E-state index contributed by atoms with van der Waals surface area (Å²) in [5, 5.41) is 15.3. The Morgan fingerprint density at radius 1 is 1.04 bits per heavy atom. The Labute approximate surface area is 182 Å². The number of halogens is 2. The SMILES string of the molecule is CC(C)=CCC/C(C)=C/CNCCN1[C@H]2[C@H]3[C@@H]4C[C@H]5[C@H]6[C@H]4[C@@H]2[C@H]6[C@@]1(O)[C@H]53.Cl.Cl. The molecule has 7 fully saturated rings. The number of aliphatic hydroxyl groups is 1. The van der Waals surface area contributed by atoms with Crippen molar-refractivity contribution in [2.24, 2.45) is 47.3 Å². The van der Waals surface area contributed by atoms with E-state index in [0.29, 0.717) is 11.8 Å². The molecule has 0 amide bonds. The Bertz CT molecular complexity index is 705. The lowest BCUT2D eigenvalue weighted by Crippen LogP contribution is -2.52. The Kier molecular flexibility index (Phi) is 5.28. The van der Waals surface area contributed by atoms with Gasteiger partial charge in [0.05, 0.1) is 0 Å². The van der Waals surface area contributed by atoms with Gasteiger partial charge in [-0.15, -0.1) is 24.8 Å². The number of hydrogen-bond acceptors (Lipinski definition) is 3. The molecule has 0 radical (unpaired) electrons. The van der Waals surface area contributed by atoms with E-state index in [9.17, 15) is 5.11 Å². The van der Waals surface area contributed by atoms with Gasteiger partial charge in [-0.3, -0.25) is 4.90 Å². The summed E-state index contributed by atoms with van der Waals surface area (Å²) >= 11 is 0. The molecule has 2 N–H and O–H groups in total. The van der Waals surface area contributed by atoms with Gasteiger partial charge >= 0.3 is 0 Å². The van der Waals surface area contributed by atoms with Gasteiger partial charge in [-0.05, 0) is 75.5 Å². The van der Waals surface area contributed by atoms with Crippen molar-refractivity contribution >= 4 is 24.8 Å². The monoisotopic (exact) mass is 426 g/mol. The summed E-state index contributed by atoms with van der Waals surface area (Å²) in [6.45, 7) is 9.61. The zero-order valence-electron chi connectivity index (χ0n) is 17.3. The molecule has 158 valence electrons. The van der Waals surface area contributed by atoms with Gasteiger partial charge in [0.2, 0.25) is 0 Å². The molecule has 5 heteroatoms. The fraction of sp³-hybridized carbons (Fsp3) is 0.826. The van der Waals surface area contributed by atoms with E-state index in [1.54, 1.807) is 0 Å². The van der Waals surface area contributed by atoms with Gasteiger partial charge in [0, 0.05) is 37.5 Å². The van der Waals surface area contributed by atoms with Gasteiger partial charge in [0.25, 0.3) is 0 Å². The molecule has 2 heterocycles. The molecule has 2 aliphatic heterocycles. The van der Waals surface area contributed by atoms with Crippen LogP contribution >= 0.6 is 24.8 Å². The van der Waals surface area contributed by atoms with Crippen LogP contribution in [0, 0.1) is 47.3 Å². The van der Waals surface area contributed by atoms with Crippen LogP contribution < -0.4 is 5.32 Å². The van der Waals surface area contributed by atoms with E-state index in [1.165, 1.54) is 24.0 Å². The summed E-state index contributed by atoms with van der Waals surface area (Å²) in [4.78, 5) is 2.59. The summed E-state index contributed by atoms with van der Waals surface area (Å²) < 4.78 is 0. The minimum absolute atomic E-state index is 0. The lowest BCUT2D eigenvalue weighted by molar-refractivity contribution is -0.130. The average molecular weight is 427 g/mol. The Morgan fingerprint density at radius 3 is 2.57 bits per heavy atom. The molecule has 7 rings (SSSR count). The van der Waals surface area contributed by atoms with Crippen LogP contribution in [0.25, 0.3) is 0 Å². The third-order valence-electron chi connectivity index (χ3n) is 9.43. The summed E-state index contributed by atoms with van der Waals surface area (Å²) in [5.74, 6) is 6.90. The van der Waals surface area contributed by atoms with E-state index in [4.69, 9.17) is 0 Å². The van der Waals surface area contributed by atoms with Crippen LogP contribution in [0.15, 0.2) is 23.3 Å². The Morgan fingerprint density at radius 2 is 1.82 bits per heavy atom. The van der Waals surface area contributed by atoms with Gasteiger partial charge in [-0.2, -0.15) is 0 Å². The maximum Gasteiger partial charge on any atom is 0.125 e. The second kappa shape index (κ2) is 6.99. The second-order valence-electron chi connectivity index (χ2n) is 10.5. The quantitative estimate of drug-likeness (QED) is 0.456. The number of nitrogens with zero attached hydrogens (tertiary/aromatic N) is 1. The molecular weight excluding hydrogens is 391 g/mol. The van der Waals surface area contributed by atoms with Crippen molar-refractivity contribution < 1.29 is 5.11 Å². The second-order valence-corrected chi connectivity index (χ2v) is 10.5. The minimum Gasteiger partial charge on any atom is -0.375 e. The zero-order valence-corrected chi connectivity index (χ0v) is 18.9. The fourth-order valence-electron chi connectivity index (χ4n) is 9.10. The van der Waals surface area contributed by atoms with Crippen LogP contribution in [0.2, 0.25) is 0 Å². The zero-order chi connectivity index (χ0) is 17.8. The first-order valence-corrected chi connectivity index (χ1v) is 11.0. The first-order valence-electron chi connectivity index (χ1n) is 11.0. The van der Waals surface area contributed by atoms with Crippen molar-refractivity contribution in [2.45, 2.75) is 51.8 Å². The van der Waals surface area contributed by atoms with Crippen LogP contribution in [-0.4, -0.2) is 41.4 Å². The molecular formula is C23H36Cl2N2O. The molecule has 2 saturated heterocycles. The van der Waals surface area contributed by atoms with Gasteiger partial charge in [0.15, 0.2) is 0 Å². The highest BCUT2D eigenvalue weighted by atomic mass is 35.5. The van der Waals surface area contributed by atoms with Crippen molar-refractivity contribution in [2.75, 3.05) is 19.6 Å². The molecule has 0 unspecified atom stereocenters. The Balaban J connectivity index is 0.000000961. The number of hydrogen-bond donors (Lipinski definition) is 2. The van der Waals surface area contributed by atoms with E-state index in [1.807, 2.05) is 0 Å². The van der Waals surface area contributed by atoms with E-state index in [-0.39, 0.29) is 24.8 Å². The fourth-order valence-corrected chi connectivity index (χ4v) is 9.10. The van der Waals surface area contributed by atoms with Crippen LogP contribution in [0.4, 0.5) is 0 Å². The van der Waals surface area contributed by atoms with E-state index in [2.05, 4.69) is 43.1 Å². The molecule has 5 aliphatic carbocycles. The summed E-state index contributed by atoms with van der Waals surface area (Å²) in [7, 11) is 0.